The standard InChI is InChI=1S/C6H7N3O2/c7-6(10)11-4-5-3-8-1-2-9-5/h1-3H,4H2,(H2,7,10). The lowest BCUT2D eigenvalue weighted by atomic mass is 10.5. The molecule has 0 aliphatic carbocycles. The highest BCUT2D eigenvalue weighted by molar-refractivity contribution is 5.64. The van der Waals surface area contributed by atoms with Gasteiger partial charge in [-0.2, -0.15) is 0 Å². The SMILES string of the molecule is NC(=O)OCc1cnccn1. The number of amides is 1. The molecule has 0 unspecified atom stereocenters. The van der Waals surface area contributed by atoms with Crippen molar-refractivity contribution in [2.75, 3.05) is 0 Å². The zero-order chi connectivity index (χ0) is 8.10. The van der Waals surface area contributed by atoms with Gasteiger partial charge >= 0.3 is 6.09 Å². The molecule has 1 aromatic rings. The maximum Gasteiger partial charge on any atom is 0.404 e. The van der Waals surface area contributed by atoms with Crippen molar-refractivity contribution >= 4 is 6.09 Å². The van der Waals surface area contributed by atoms with Crippen molar-refractivity contribution in [3.63, 3.8) is 0 Å². The summed E-state index contributed by atoms with van der Waals surface area (Å²) in [5.41, 5.74) is 5.31. The molecule has 0 aliphatic rings. The van der Waals surface area contributed by atoms with E-state index < -0.39 is 6.09 Å². The van der Waals surface area contributed by atoms with Gasteiger partial charge in [0.25, 0.3) is 0 Å². The Labute approximate surface area is 63.2 Å². The molecule has 0 spiro atoms. The minimum atomic E-state index is -0.810. The van der Waals surface area contributed by atoms with Crippen LogP contribution in [0.25, 0.3) is 0 Å². The molecule has 5 nitrogen and oxygen atoms in total. The molecule has 0 fully saturated rings. The maximum atomic E-state index is 10.1. The van der Waals surface area contributed by atoms with Crippen LogP contribution in [0.1, 0.15) is 5.69 Å². The molecule has 0 radical (unpaired) electrons. The van der Waals surface area contributed by atoms with Crippen LogP contribution in [0.3, 0.4) is 0 Å². The Morgan fingerprint density at radius 3 is 3.00 bits per heavy atom. The van der Waals surface area contributed by atoms with Gasteiger partial charge in [0.2, 0.25) is 0 Å². The Hall–Kier alpha value is -1.65. The van der Waals surface area contributed by atoms with Crippen LogP contribution in [-0.4, -0.2) is 16.1 Å². The predicted octanol–water partition coefficient (Wildman–Crippen LogP) is 0.0719. The summed E-state index contributed by atoms with van der Waals surface area (Å²) in [4.78, 5) is 17.7. The molecule has 11 heavy (non-hydrogen) atoms. The fraction of sp³-hybridized carbons (Fsp3) is 0.167. The maximum absolute atomic E-state index is 10.1. The number of carbonyl (C=O) groups excluding carboxylic acids is 1. The fourth-order valence-corrected chi connectivity index (χ4v) is 0.550. The highest BCUT2D eigenvalue weighted by Crippen LogP contribution is 1.92. The van der Waals surface area contributed by atoms with Gasteiger partial charge in [0.05, 0.1) is 11.9 Å². The number of nitrogens with two attached hydrogens (primary N) is 1. The van der Waals surface area contributed by atoms with Crippen molar-refractivity contribution in [1.29, 1.82) is 0 Å². The second-order valence-corrected chi connectivity index (χ2v) is 1.80. The molecule has 1 aromatic heterocycles. The van der Waals surface area contributed by atoms with Gasteiger partial charge in [0.1, 0.15) is 6.61 Å². The number of hydrogen-bond donors (Lipinski definition) is 1. The van der Waals surface area contributed by atoms with Crippen molar-refractivity contribution < 1.29 is 9.53 Å². The lowest BCUT2D eigenvalue weighted by Gasteiger charge is -1.97. The molecule has 0 saturated carbocycles. The summed E-state index contributed by atoms with van der Waals surface area (Å²) in [6.45, 7) is 0.0726. The van der Waals surface area contributed by atoms with Gasteiger partial charge in [-0.1, -0.05) is 0 Å². The van der Waals surface area contributed by atoms with Gasteiger partial charge in [0, 0.05) is 12.4 Å². The molecule has 1 amide bonds. The highest BCUT2D eigenvalue weighted by atomic mass is 16.5. The van der Waals surface area contributed by atoms with Gasteiger partial charge < -0.3 is 10.5 Å². The smallest absolute Gasteiger partial charge is 0.404 e. The van der Waals surface area contributed by atoms with Gasteiger partial charge in [0.15, 0.2) is 0 Å². The van der Waals surface area contributed by atoms with Crippen molar-refractivity contribution in [1.82, 2.24) is 9.97 Å². The van der Waals surface area contributed by atoms with Crippen molar-refractivity contribution in [3.05, 3.63) is 24.3 Å². The van der Waals surface area contributed by atoms with Crippen LogP contribution in [0.2, 0.25) is 0 Å². The monoisotopic (exact) mass is 153 g/mol. The summed E-state index contributed by atoms with van der Waals surface area (Å²) in [7, 11) is 0. The van der Waals surface area contributed by atoms with Crippen LogP contribution in [0.15, 0.2) is 18.6 Å². The van der Waals surface area contributed by atoms with E-state index in [0.717, 1.165) is 0 Å². The van der Waals surface area contributed by atoms with E-state index in [-0.39, 0.29) is 6.61 Å². The van der Waals surface area contributed by atoms with Gasteiger partial charge in [-0.25, -0.2) is 4.79 Å². The number of aromatic nitrogens is 2. The van der Waals surface area contributed by atoms with Gasteiger partial charge in [-0.15, -0.1) is 0 Å². The number of hydrogen-bond acceptors (Lipinski definition) is 4. The first-order valence-corrected chi connectivity index (χ1v) is 2.96. The third-order valence-electron chi connectivity index (χ3n) is 0.979. The molecule has 2 N–H and O–H groups in total. The number of primary amides is 1. The largest absolute Gasteiger partial charge is 0.443 e. The molecule has 0 saturated heterocycles. The van der Waals surface area contributed by atoms with Crippen LogP contribution < -0.4 is 5.73 Å². The topological polar surface area (TPSA) is 78.1 Å². The zero-order valence-corrected chi connectivity index (χ0v) is 5.73. The summed E-state index contributed by atoms with van der Waals surface area (Å²) >= 11 is 0. The molecule has 1 rings (SSSR count). The van der Waals surface area contributed by atoms with Crippen LogP contribution in [0.4, 0.5) is 4.79 Å². The average molecular weight is 153 g/mol. The third kappa shape index (κ3) is 2.61. The van der Waals surface area contributed by atoms with E-state index in [0.29, 0.717) is 5.69 Å². The van der Waals surface area contributed by atoms with E-state index in [9.17, 15) is 4.79 Å². The molecule has 0 bridgehead atoms. The Kier molecular flexibility index (Phi) is 2.37. The van der Waals surface area contributed by atoms with E-state index in [2.05, 4.69) is 14.7 Å². The van der Waals surface area contributed by atoms with Gasteiger partial charge in [-0.3, -0.25) is 9.97 Å². The Morgan fingerprint density at radius 2 is 2.45 bits per heavy atom. The van der Waals surface area contributed by atoms with Crippen LogP contribution in [-0.2, 0) is 11.3 Å². The molecule has 0 atom stereocenters. The molecule has 0 aromatic carbocycles. The molecule has 0 aliphatic heterocycles. The minimum Gasteiger partial charge on any atom is -0.443 e. The quantitative estimate of drug-likeness (QED) is 0.652. The number of nitrogens with zero attached hydrogens (tertiary/aromatic N) is 2. The molecule has 5 heteroatoms. The number of carbonyl (C=O) groups is 1. The van der Waals surface area contributed by atoms with Crippen molar-refractivity contribution in [3.8, 4) is 0 Å². The van der Waals surface area contributed by atoms with Crippen molar-refractivity contribution in [2.24, 2.45) is 5.73 Å². The highest BCUT2D eigenvalue weighted by Gasteiger charge is 1.95. The van der Waals surface area contributed by atoms with Crippen LogP contribution >= 0.6 is 0 Å². The van der Waals surface area contributed by atoms with E-state index in [1.165, 1.54) is 18.6 Å². The second-order valence-electron chi connectivity index (χ2n) is 1.80. The molecule has 1 heterocycles. The Morgan fingerprint density at radius 1 is 1.64 bits per heavy atom. The lowest BCUT2D eigenvalue weighted by molar-refractivity contribution is 0.148. The van der Waals surface area contributed by atoms with E-state index in [4.69, 9.17) is 5.73 Å². The summed E-state index contributed by atoms with van der Waals surface area (Å²) in [5.74, 6) is 0. The van der Waals surface area contributed by atoms with E-state index in [1.807, 2.05) is 0 Å². The Bertz CT molecular complexity index is 237. The predicted molar refractivity (Wildman–Crippen MR) is 36.4 cm³/mol. The average Bonchev–Trinajstić information content (AvgIpc) is 2.03. The lowest BCUT2D eigenvalue weighted by Crippen LogP contribution is -2.13. The molecular formula is C6H7N3O2. The number of ether oxygens (including phenoxy) is 1. The third-order valence-corrected chi connectivity index (χ3v) is 0.979. The molecular weight excluding hydrogens is 146 g/mol. The van der Waals surface area contributed by atoms with Gasteiger partial charge in [-0.05, 0) is 0 Å². The van der Waals surface area contributed by atoms with Crippen molar-refractivity contribution in [2.45, 2.75) is 6.61 Å². The summed E-state index contributed by atoms with van der Waals surface area (Å²) < 4.78 is 4.46. The molecule has 58 valence electrons. The first-order valence-electron chi connectivity index (χ1n) is 2.96. The second kappa shape index (κ2) is 3.50. The van der Waals surface area contributed by atoms with E-state index >= 15 is 0 Å². The first-order chi connectivity index (χ1) is 5.29. The van der Waals surface area contributed by atoms with Crippen LogP contribution in [0, 0.1) is 0 Å². The summed E-state index contributed by atoms with van der Waals surface area (Å²) in [6, 6.07) is 0. The minimum absolute atomic E-state index is 0.0726. The fourth-order valence-electron chi connectivity index (χ4n) is 0.550. The Balaban J connectivity index is 2.45. The van der Waals surface area contributed by atoms with Crippen LogP contribution in [0.5, 0.6) is 0 Å². The van der Waals surface area contributed by atoms with E-state index in [1.54, 1.807) is 0 Å². The normalized spacial score (nSPS) is 9.09. The number of rotatable bonds is 2. The summed E-state index contributed by atoms with van der Waals surface area (Å²) in [5, 5.41) is 0. The summed E-state index contributed by atoms with van der Waals surface area (Å²) in [6.07, 6.45) is 3.74. The first kappa shape index (κ1) is 7.46. The zero-order valence-electron chi connectivity index (χ0n) is 5.73.